The van der Waals surface area contributed by atoms with Crippen LogP contribution in [-0.4, -0.2) is 15.6 Å². The number of benzene rings is 1. The number of rotatable bonds is 1. The van der Waals surface area contributed by atoms with Gasteiger partial charge in [-0.2, -0.15) is 18.4 Å². The first-order chi connectivity index (χ1) is 12.0. The molecule has 1 aliphatic carbocycles. The van der Waals surface area contributed by atoms with Gasteiger partial charge in [0.1, 0.15) is 23.7 Å². The Balaban J connectivity index is 2.43. The normalized spacial score (nSPS) is 19.1. The van der Waals surface area contributed by atoms with E-state index in [9.17, 15) is 36.7 Å². The second kappa shape index (κ2) is 5.93. The van der Waals surface area contributed by atoms with E-state index in [0.29, 0.717) is 0 Å². The fourth-order valence-electron chi connectivity index (χ4n) is 3.16. The van der Waals surface area contributed by atoms with E-state index in [-0.39, 0.29) is 16.4 Å². The van der Waals surface area contributed by atoms with Gasteiger partial charge in [-0.25, -0.2) is 13.2 Å². The lowest BCUT2D eigenvalue weighted by Gasteiger charge is -2.29. The SMILES string of the molecule is N#Cc1c(C(F)(F)F)c2c(n1-c1cc(F)cc(Cl)c1)CCC(F)(F)C2O. The third-order valence-electron chi connectivity index (χ3n) is 4.17. The largest absolute Gasteiger partial charge is 0.419 e. The Morgan fingerprint density at radius 2 is 1.92 bits per heavy atom. The molecule has 26 heavy (non-hydrogen) atoms. The highest BCUT2D eigenvalue weighted by Crippen LogP contribution is 2.49. The summed E-state index contributed by atoms with van der Waals surface area (Å²) in [5.74, 6) is -4.67. The second-order valence-corrected chi connectivity index (χ2v) is 6.26. The van der Waals surface area contributed by atoms with Crippen molar-refractivity contribution in [3.05, 3.63) is 51.6 Å². The van der Waals surface area contributed by atoms with Gasteiger partial charge in [-0.3, -0.25) is 0 Å². The van der Waals surface area contributed by atoms with E-state index in [4.69, 9.17) is 11.6 Å². The molecule has 1 N–H and O–H groups in total. The predicted octanol–water partition coefficient (Wildman–Crippen LogP) is 4.78. The Labute approximate surface area is 148 Å². The quantitative estimate of drug-likeness (QED) is 0.708. The van der Waals surface area contributed by atoms with Gasteiger partial charge in [0.05, 0.1) is 11.3 Å². The molecule has 3 nitrogen and oxygen atoms in total. The number of alkyl halides is 5. The van der Waals surface area contributed by atoms with E-state index < -0.39 is 53.7 Å². The van der Waals surface area contributed by atoms with Crippen molar-refractivity contribution < 1.29 is 31.4 Å². The van der Waals surface area contributed by atoms with Gasteiger partial charge in [0.2, 0.25) is 0 Å². The van der Waals surface area contributed by atoms with E-state index >= 15 is 0 Å². The lowest BCUT2D eigenvalue weighted by atomic mass is 9.88. The zero-order chi connectivity index (χ0) is 19.4. The maximum Gasteiger partial charge on any atom is 0.419 e. The Morgan fingerprint density at radius 3 is 2.46 bits per heavy atom. The van der Waals surface area contributed by atoms with Gasteiger partial charge in [-0.15, -0.1) is 0 Å². The molecule has 138 valence electrons. The third kappa shape index (κ3) is 2.83. The van der Waals surface area contributed by atoms with E-state index in [1.807, 2.05) is 0 Å². The number of nitrogens with zero attached hydrogens (tertiary/aromatic N) is 2. The van der Waals surface area contributed by atoms with Crippen LogP contribution in [0.15, 0.2) is 18.2 Å². The van der Waals surface area contributed by atoms with E-state index in [1.165, 1.54) is 6.07 Å². The summed E-state index contributed by atoms with van der Waals surface area (Å²) in [6.45, 7) is 0. The zero-order valence-electron chi connectivity index (χ0n) is 12.7. The molecule has 2 aromatic rings. The maximum absolute atomic E-state index is 13.8. The minimum atomic E-state index is -5.17. The molecule has 1 aliphatic rings. The molecule has 0 saturated carbocycles. The average molecular weight is 395 g/mol. The standard InChI is InChI=1S/C16H9ClF6N2O/c17-7-3-8(18)5-9(4-7)25-10-1-2-15(19,20)14(26)12(10)13(11(25)6-24)16(21,22)23/h3-5,14,26H,1-2H2. The molecule has 0 fully saturated rings. The van der Waals surface area contributed by atoms with Crippen LogP contribution in [0.25, 0.3) is 5.69 Å². The van der Waals surface area contributed by atoms with Crippen molar-refractivity contribution in [1.82, 2.24) is 4.57 Å². The van der Waals surface area contributed by atoms with Gasteiger partial charge in [0, 0.05) is 22.7 Å². The first-order valence-electron chi connectivity index (χ1n) is 7.24. The van der Waals surface area contributed by atoms with Gasteiger partial charge in [-0.1, -0.05) is 11.6 Å². The molecule has 1 aromatic carbocycles. The number of aromatic nitrogens is 1. The highest BCUT2D eigenvalue weighted by Gasteiger charge is 2.52. The minimum Gasteiger partial charge on any atom is -0.382 e. The van der Waals surface area contributed by atoms with Crippen LogP contribution >= 0.6 is 11.6 Å². The van der Waals surface area contributed by atoms with Crippen LogP contribution < -0.4 is 0 Å². The highest BCUT2D eigenvalue weighted by molar-refractivity contribution is 6.30. The summed E-state index contributed by atoms with van der Waals surface area (Å²) < 4.78 is 82.6. The molecule has 0 aliphatic heterocycles. The summed E-state index contributed by atoms with van der Waals surface area (Å²) in [5.41, 5.74) is -4.28. The molecule has 1 aromatic heterocycles. The molecule has 1 atom stereocenters. The zero-order valence-corrected chi connectivity index (χ0v) is 13.5. The monoisotopic (exact) mass is 394 g/mol. The second-order valence-electron chi connectivity index (χ2n) is 5.82. The molecule has 3 rings (SSSR count). The molecule has 1 unspecified atom stereocenters. The Morgan fingerprint density at radius 1 is 1.27 bits per heavy atom. The molecular formula is C16H9ClF6N2O. The topological polar surface area (TPSA) is 49.0 Å². The number of hydrogen-bond acceptors (Lipinski definition) is 2. The van der Waals surface area contributed by atoms with Crippen molar-refractivity contribution in [1.29, 1.82) is 5.26 Å². The van der Waals surface area contributed by atoms with Gasteiger partial charge in [0.25, 0.3) is 5.92 Å². The summed E-state index contributed by atoms with van der Waals surface area (Å²) in [5, 5.41) is 19.0. The average Bonchev–Trinajstić information content (AvgIpc) is 2.85. The van der Waals surface area contributed by atoms with Crippen LogP contribution in [0.4, 0.5) is 26.3 Å². The lowest BCUT2D eigenvalue weighted by molar-refractivity contribution is -0.147. The van der Waals surface area contributed by atoms with E-state index in [0.717, 1.165) is 22.8 Å². The molecule has 0 radical (unpaired) electrons. The van der Waals surface area contributed by atoms with Crippen LogP contribution in [0.1, 0.15) is 35.0 Å². The number of halogens is 7. The van der Waals surface area contributed by atoms with Crippen molar-refractivity contribution in [2.24, 2.45) is 0 Å². The number of aliphatic hydroxyl groups excluding tert-OH is 1. The molecule has 0 amide bonds. The van der Waals surface area contributed by atoms with Crippen molar-refractivity contribution in [2.75, 3.05) is 0 Å². The van der Waals surface area contributed by atoms with Crippen LogP contribution in [0.5, 0.6) is 0 Å². The molecule has 1 heterocycles. The molecule has 0 saturated heterocycles. The number of fused-ring (bicyclic) bond motifs is 1. The highest BCUT2D eigenvalue weighted by atomic mass is 35.5. The molecule has 0 spiro atoms. The summed E-state index contributed by atoms with van der Waals surface area (Å²) in [7, 11) is 0. The fourth-order valence-corrected chi connectivity index (χ4v) is 3.38. The first kappa shape index (κ1) is 18.6. The predicted molar refractivity (Wildman–Crippen MR) is 78.7 cm³/mol. The number of aliphatic hydroxyl groups is 1. The van der Waals surface area contributed by atoms with Gasteiger partial charge in [-0.05, 0) is 24.6 Å². The first-order valence-corrected chi connectivity index (χ1v) is 7.62. The summed E-state index contributed by atoms with van der Waals surface area (Å²) in [4.78, 5) is 0. The Hall–Kier alpha value is -2.18. The third-order valence-corrected chi connectivity index (χ3v) is 4.39. The summed E-state index contributed by atoms with van der Waals surface area (Å²) >= 11 is 5.72. The smallest absolute Gasteiger partial charge is 0.382 e. The van der Waals surface area contributed by atoms with Crippen LogP contribution in [0.2, 0.25) is 5.02 Å². The summed E-state index contributed by atoms with van der Waals surface area (Å²) in [6, 6.07) is 4.17. The van der Waals surface area contributed by atoms with Crippen LogP contribution in [0, 0.1) is 17.1 Å². The van der Waals surface area contributed by atoms with Gasteiger partial charge < -0.3 is 9.67 Å². The Kier molecular flexibility index (Phi) is 4.24. The maximum atomic E-state index is 13.8. The Bertz CT molecular complexity index is 908. The van der Waals surface area contributed by atoms with Crippen molar-refractivity contribution in [3.63, 3.8) is 0 Å². The van der Waals surface area contributed by atoms with Gasteiger partial charge in [0.15, 0.2) is 0 Å². The van der Waals surface area contributed by atoms with Crippen LogP contribution in [-0.2, 0) is 12.6 Å². The fraction of sp³-hybridized carbons (Fsp3) is 0.312. The number of nitriles is 1. The lowest BCUT2D eigenvalue weighted by Crippen LogP contribution is -2.33. The van der Waals surface area contributed by atoms with E-state index in [1.54, 1.807) is 0 Å². The van der Waals surface area contributed by atoms with Crippen molar-refractivity contribution in [3.8, 4) is 11.8 Å². The number of hydrogen-bond donors (Lipinski definition) is 1. The molecule has 10 heteroatoms. The summed E-state index contributed by atoms with van der Waals surface area (Å²) in [6.07, 6.45) is -9.37. The minimum absolute atomic E-state index is 0.151. The van der Waals surface area contributed by atoms with Gasteiger partial charge >= 0.3 is 6.18 Å². The van der Waals surface area contributed by atoms with Crippen molar-refractivity contribution >= 4 is 11.6 Å². The molecule has 0 bridgehead atoms. The van der Waals surface area contributed by atoms with Crippen LogP contribution in [0.3, 0.4) is 0 Å². The molecular weight excluding hydrogens is 386 g/mol. The van der Waals surface area contributed by atoms with Crippen molar-refractivity contribution in [2.45, 2.75) is 31.0 Å². The van der Waals surface area contributed by atoms with E-state index in [2.05, 4.69) is 0 Å².